The zero-order valence-electron chi connectivity index (χ0n) is 13.8. The van der Waals surface area contributed by atoms with E-state index in [1.165, 1.54) is 0 Å². The van der Waals surface area contributed by atoms with Crippen LogP contribution in [0.3, 0.4) is 0 Å². The van der Waals surface area contributed by atoms with E-state index in [1.54, 1.807) is 11.3 Å². The summed E-state index contributed by atoms with van der Waals surface area (Å²) < 4.78 is 1.97. The third kappa shape index (κ3) is 3.60. The third-order valence-corrected chi connectivity index (χ3v) is 5.76. The molecule has 1 aliphatic rings. The second kappa shape index (κ2) is 6.98. The zero-order chi connectivity index (χ0) is 17.2. The fourth-order valence-corrected chi connectivity index (χ4v) is 4.26. The van der Waals surface area contributed by atoms with Crippen molar-refractivity contribution in [1.29, 1.82) is 0 Å². The topological polar surface area (TPSA) is 66.6 Å². The molecule has 1 aliphatic carbocycles. The number of aliphatic hydroxyl groups excluding tert-OH is 1. The molecule has 0 saturated heterocycles. The van der Waals surface area contributed by atoms with Gasteiger partial charge < -0.3 is 14.8 Å². The number of fused-ring (bicyclic) bond motifs is 1. The van der Waals surface area contributed by atoms with Crippen LogP contribution in [0.2, 0.25) is 0 Å². The van der Waals surface area contributed by atoms with Gasteiger partial charge in [0, 0.05) is 23.7 Å². The number of nitrogens with zero attached hydrogens (tertiary/aromatic N) is 2. The van der Waals surface area contributed by atoms with E-state index in [-0.39, 0.29) is 18.1 Å². The van der Waals surface area contributed by atoms with Gasteiger partial charge in [-0.1, -0.05) is 12.1 Å². The summed E-state index contributed by atoms with van der Waals surface area (Å²) in [5, 5.41) is 14.8. The van der Waals surface area contributed by atoms with E-state index in [9.17, 15) is 9.90 Å². The molecule has 2 N–H and O–H groups in total. The Kier molecular flexibility index (Phi) is 4.55. The van der Waals surface area contributed by atoms with Gasteiger partial charge in [-0.25, -0.2) is 4.98 Å². The second-order valence-electron chi connectivity index (χ2n) is 6.64. The minimum Gasteiger partial charge on any atom is -0.393 e. The molecule has 3 aromatic heterocycles. The van der Waals surface area contributed by atoms with E-state index in [2.05, 4.69) is 16.4 Å². The number of aromatic nitrogens is 2. The first kappa shape index (κ1) is 16.3. The van der Waals surface area contributed by atoms with Crippen LogP contribution in [-0.2, 0) is 11.2 Å². The van der Waals surface area contributed by atoms with Crippen LogP contribution in [0.1, 0.15) is 35.9 Å². The van der Waals surface area contributed by atoms with Crippen LogP contribution in [0, 0.1) is 5.92 Å². The number of pyridine rings is 1. The van der Waals surface area contributed by atoms with E-state index in [0.717, 1.165) is 29.1 Å². The molecular formula is C19H21N3O2S. The monoisotopic (exact) mass is 355 g/mol. The van der Waals surface area contributed by atoms with Crippen molar-refractivity contribution in [3.63, 3.8) is 0 Å². The quantitative estimate of drug-likeness (QED) is 0.714. The van der Waals surface area contributed by atoms with Crippen molar-refractivity contribution < 1.29 is 9.90 Å². The predicted octanol–water partition coefficient (Wildman–Crippen LogP) is 2.96. The minimum atomic E-state index is -0.220. The minimum absolute atomic E-state index is 0.0111. The summed E-state index contributed by atoms with van der Waals surface area (Å²) in [6, 6.07) is 9.95. The fourth-order valence-electron chi connectivity index (χ4n) is 3.39. The Hall–Kier alpha value is -2.18. The summed E-state index contributed by atoms with van der Waals surface area (Å²) in [4.78, 5) is 18.2. The number of hydrogen-bond donors (Lipinski definition) is 2. The summed E-state index contributed by atoms with van der Waals surface area (Å²) >= 11 is 1.66. The number of carbonyl (C=O) groups excluding carboxylic acids is 1. The molecule has 1 saturated carbocycles. The van der Waals surface area contributed by atoms with Gasteiger partial charge in [-0.05, 0) is 48.8 Å². The molecule has 6 heteroatoms. The summed E-state index contributed by atoms with van der Waals surface area (Å²) in [7, 11) is 0. The number of hydrogen-bond acceptors (Lipinski definition) is 4. The highest BCUT2D eigenvalue weighted by molar-refractivity contribution is 7.10. The Balaban J connectivity index is 1.38. The normalized spacial score (nSPS) is 21.0. The largest absolute Gasteiger partial charge is 0.393 e. The average molecular weight is 355 g/mol. The second-order valence-corrected chi connectivity index (χ2v) is 7.62. The van der Waals surface area contributed by atoms with Gasteiger partial charge in [0.25, 0.3) is 0 Å². The smallest absolute Gasteiger partial charge is 0.220 e. The van der Waals surface area contributed by atoms with Crippen LogP contribution in [0.4, 0.5) is 0 Å². The molecule has 1 atom stereocenters. The van der Waals surface area contributed by atoms with Crippen LogP contribution < -0.4 is 5.32 Å². The molecule has 130 valence electrons. The number of carbonyl (C=O) groups is 1. The Morgan fingerprint density at radius 1 is 1.36 bits per heavy atom. The summed E-state index contributed by atoms with van der Waals surface area (Å²) in [6.07, 6.45) is 6.27. The lowest BCUT2D eigenvalue weighted by atomic mass is 9.76. The SMILES string of the molecule is O=C(CCc1cn2ccccc2n1)N[C@H](c1cccs1)C1CC(O)C1. The van der Waals surface area contributed by atoms with Crippen molar-refractivity contribution in [3.05, 3.63) is 58.7 Å². The molecule has 4 rings (SSSR count). The molecule has 25 heavy (non-hydrogen) atoms. The Bertz CT molecular complexity index is 820. The van der Waals surface area contributed by atoms with Gasteiger partial charge in [0.05, 0.1) is 17.8 Å². The maximum atomic E-state index is 12.5. The van der Waals surface area contributed by atoms with Crippen molar-refractivity contribution in [3.8, 4) is 0 Å². The fraction of sp³-hybridized carbons (Fsp3) is 0.368. The number of aryl methyl sites for hydroxylation is 1. The first-order valence-electron chi connectivity index (χ1n) is 8.62. The third-order valence-electron chi connectivity index (χ3n) is 4.81. The van der Waals surface area contributed by atoms with Gasteiger partial charge >= 0.3 is 0 Å². The number of imidazole rings is 1. The highest BCUT2D eigenvalue weighted by Gasteiger charge is 2.36. The van der Waals surface area contributed by atoms with Crippen LogP contribution in [0.15, 0.2) is 48.1 Å². The number of amides is 1. The summed E-state index contributed by atoms with van der Waals surface area (Å²) in [5.74, 6) is 0.365. The number of thiophene rings is 1. The van der Waals surface area contributed by atoms with Crippen molar-refractivity contribution in [2.24, 2.45) is 5.92 Å². The van der Waals surface area contributed by atoms with E-state index in [0.29, 0.717) is 18.8 Å². The van der Waals surface area contributed by atoms with Crippen molar-refractivity contribution >= 4 is 22.9 Å². The van der Waals surface area contributed by atoms with Gasteiger partial charge in [-0.15, -0.1) is 11.3 Å². The molecule has 0 aliphatic heterocycles. The van der Waals surface area contributed by atoms with Crippen molar-refractivity contribution in [2.75, 3.05) is 0 Å². The van der Waals surface area contributed by atoms with Crippen LogP contribution >= 0.6 is 11.3 Å². The lowest BCUT2D eigenvalue weighted by Crippen LogP contribution is -2.41. The Labute approximate surface area is 150 Å². The van der Waals surface area contributed by atoms with E-state index in [1.807, 2.05) is 46.4 Å². The molecule has 3 heterocycles. The van der Waals surface area contributed by atoms with Crippen LogP contribution in [0.25, 0.3) is 5.65 Å². The average Bonchev–Trinajstić information content (AvgIpc) is 3.24. The number of aliphatic hydroxyl groups is 1. The zero-order valence-corrected chi connectivity index (χ0v) is 14.7. The Morgan fingerprint density at radius 3 is 2.96 bits per heavy atom. The molecule has 0 aromatic carbocycles. The molecule has 0 spiro atoms. The van der Waals surface area contributed by atoms with Crippen molar-refractivity contribution in [1.82, 2.24) is 14.7 Å². The van der Waals surface area contributed by atoms with E-state index >= 15 is 0 Å². The molecule has 1 fully saturated rings. The molecule has 5 nitrogen and oxygen atoms in total. The Morgan fingerprint density at radius 2 is 2.24 bits per heavy atom. The molecule has 0 unspecified atom stereocenters. The molecule has 1 amide bonds. The van der Waals surface area contributed by atoms with Crippen molar-refractivity contribution in [2.45, 2.75) is 37.8 Å². The van der Waals surface area contributed by atoms with Gasteiger partial charge in [0.2, 0.25) is 5.91 Å². The van der Waals surface area contributed by atoms with E-state index < -0.39 is 0 Å². The molecule has 3 aromatic rings. The lowest BCUT2D eigenvalue weighted by Gasteiger charge is -2.37. The maximum absolute atomic E-state index is 12.5. The molecular weight excluding hydrogens is 334 g/mol. The van der Waals surface area contributed by atoms with Crippen LogP contribution in [0.5, 0.6) is 0 Å². The molecule has 0 bridgehead atoms. The number of nitrogens with one attached hydrogen (secondary N) is 1. The van der Waals surface area contributed by atoms with Gasteiger partial charge in [0.15, 0.2) is 0 Å². The summed E-state index contributed by atoms with van der Waals surface area (Å²) in [5.41, 5.74) is 1.82. The predicted molar refractivity (Wildman–Crippen MR) is 97.4 cm³/mol. The van der Waals surface area contributed by atoms with Gasteiger partial charge in [0.1, 0.15) is 5.65 Å². The first-order chi connectivity index (χ1) is 12.2. The summed E-state index contributed by atoms with van der Waals surface area (Å²) in [6.45, 7) is 0. The highest BCUT2D eigenvalue weighted by Crippen LogP contribution is 2.39. The number of rotatable bonds is 6. The highest BCUT2D eigenvalue weighted by atomic mass is 32.1. The first-order valence-corrected chi connectivity index (χ1v) is 9.50. The molecule has 0 radical (unpaired) electrons. The van der Waals surface area contributed by atoms with Gasteiger partial charge in [-0.3, -0.25) is 4.79 Å². The van der Waals surface area contributed by atoms with Crippen LogP contribution in [-0.4, -0.2) is 26.5 Å². The van der Waals surface area contributed by atoms with E-state index in [4.69, 9.17) is 0 Å². The maximum Gasteiger partial charge on any atom is 0.220 e. The lowest BCUT2D eigenvalue weighted by molar-refractivity contribution is -0.123. The standard InChI is InChI=1S/C19H21N3O2S/c23-15-10-13(11-15)19(16-4-3-9-25-16)21-18(24)7-6-14-12-22-8-2-1-5-17(22)20-14/h1-5,8-9,12-13,15,19,23H,6-7,10-11H2,(H,21,24)/t13?,15?,19-/m0/s1. The van der Waals surface area contributed by atoms with Gasteiger partial charge in [-0.2, -0.15) is 0 Å².